The molecule has 0 bridgehead atoms. The van der Waals surface area contributed by atoms with Crippen molar-refractivity contribution in [1.82, 2.24) is 5.32 Å². The highest BCUT2D eigenvalue weighted by Crippen LogP contribution is 2.42. The molecule has 0 unspecified atom stereocenters. The molecule has 1 amide bonds. The van der Waals surface area contributed by atoms with Gasteiger partial charge in [-0.1, -0.05) is 18.2 Å². The van der Waals surface area contributed by atoms with E-state index in [9.17, 15) is 4.79 Å². The number of carbonyl (C=O) groups excluding carboxylic acids is 1. The largest absolute Gasteiger partial charge is 0.393 e. The van der Waals surface area contributed by atoms with Gasteiger partial charge >= 0.3 is 0 Å². The molecule has 1 atom stereocenters. The molecule has 6 heteroatoms. The maximum Gasteiger partial charge on any atom is 0.226 e. The van der Waals surface area contributed by atoms with Gasteiger partial charge < -0.3 is 26.3 Å². The second-order valence-corrected chi connectivity index (χ2v) is 7.63. The van der Waals surface area contributed by atoms with E-state index in [1.807, 2.05) is 32.3 Å². The van der Waals surface area contributed by atoms with Gasteiger partial charge in [-0.15, -0.1) is 0 Å². The summed E-state index contributed by atoms with van der Waals surface area (Å²) in [6.07, 6.45) is 5.78. The highest BCUT2D eigenvalue weighted by Gasteiger charge is 2.25. The van der Waals surface area contributed by atoms with Gasteiger partial charge in [0.05, 0.1) is 17.1 Å². The first kappa shape index (κ1) is 19.1. The number of anilines is 4. The van der Waals surface area contributed by atoms with Crippen LogP contribution in [0.4, 0.5) is 22.7 Å². The third-order valence-corrected chi connectivity index (χ3v) is 5.48. The molecule has 4 N–H and O–H groups in total. The van der Waals surface area contributed by atoms with Crippen LogP contribution in [0.5, 0.6) is 0 Å². The van der Waals surface area contributed by atoms with E-state index in [1.165, 1.54) is 11.8 Å². The van der Waals surface area contributed by atoms with E-state index in [-0.39, 0.29) is 11.9 Å². The quantitative estimate of drug-likeness (QED) is 0.593. The molecule has 4 rings (SSSR count). The van der Waals surface area contributed by atoms with Crippen molar-refractivity contribution in [2.75, 3.05) is 29.1 Å². The second-order valence-electron chi connectivity index (χ2n) is 7.63. The normalized spacial score (nSPS) is 18.7. The SMILES string of the molecule is CN/C=C(\C=N)c1ccc2c(c1)N(c1cccc3c1N[C@H](C)CC(=O)N3)CCC2. The van der Waals surface area contributed by atoms with Crippen molar-refractivity contribution < 1.29 is 4.79 Å². The summed E-state index contributed by atoms with van der Waals surface area (Å²) < 4.78 is 0. The van der Waals surface area contributed by atoms with E-state index in [0.717, 1.165) is 53.3 Å². The fourth-order valence-corrected chi connectivity index (χ4v) is 4.17. The van der Waals surface area contributed by atoms with Gasteiger partial charge in [0, 0.05) is 49.7 Å². The van der Waals surface area contributed by atoms with Gasteiger partial charge in [-0.2, -0.15) is 0 Å². The molecule has 0 radical (unpaired) electrons. The fraction of sp³-hybridized carbons (Fsp3) is 0.304. The highest BCUT2D eigenvalue weighted by molar-refractivity contribution is 6.08. The fourth-order valence-electron chi connectivity index (χ4n) is 4.17. The van der Waals surface area contributed by atoms with Crippen molar-refractivity contribution in [2.24, 2.45) is 0 Å². The molecule has 0 spiro atoms. The van der Waals surface area contributed by atoms with Gasteiger partial charge in [-0.3, -0.25) is 4.79 Å². The Morgan fingerprint density at radius 2 is 2.14 bits per heavy atom. The van der Waals surface area contributed by atoms with Crippen LogP contribution in [-0.2, 0) is 11.2 Å². The van der Waals surface area contributed by atoms with Gasteiger partial charge in [0.1, 0.15) is 0 Å². The van der Waals surface area contributed by atoms with E-state index < -0.39 is 0 Å². The molecule has 2 aliphatic rings. The maximum absolute atomic E-state index is 12.2. The summed E-state index contributed by atoms with van der Waals surface area (Å²) in [6, 6.07) is 12.5. The first-order valence-electron chi connectivity index (χ1n) is 10.1. The summed E-state index contributed by atoms with van der Waals surface area (Å²) in [5.41, 5.74) is 7.19. The predicted octanol–water partition coefficient (Wildman–Crippen LogP) is 4.12. The van der Waals surface area contributed by atoms with Crippen LogP contribution in [-0.4, -0.2) is 31.8 Å². The van der Waals surface area contributed by atoms with Crippen LogP contribution in [0.25, 0.3) is 5.57 Å². The van der Waals surface area contributed by atoms with Crippen LogP contribution in [0, 0.1) is 5.41 Å². The van der Waals surface area contributed by atoms with Crippen LogP contribution in [0.15, 0.2) is 42.6 Å². The standard InChI is InChI=1S/C23H27N5O/c1-15-11-22(29)27-19-6-3-7-20(23(19)26-15)28-10-4-5-16-8-9-17(12-21(16)28)18(13-24)14-25-2/h3,6-9,12-15,24-26H,4-5,10-11H2,1-2H3,(H,27,29)/b18-14+,24-13?/t15-/m1/s1. The van der Waals surface area contributed by atoms with Gasteiger partial charge in [0.15, 0.2) is 0 Å². The van der Waals surface area contributed by atoms with Gasteiger partial charge in [0.25, 0.3) is 0 Å². The highest BCUT2D eigenvalue weighted by atomic mass is 16.1. The molecule has 0 saturated carbocycles. The van der Waals surface area contributed by atoms with E-state index in [1.54, 1.807) is 0 Å². The van der Waals surface area contributed by atoms with Crippen LogP contribution >= 0.6 is 0 Å². The Balaban J connectivity index is 1.81. The Kier molecular flexibility index (Phi) is 5.25. The number of aryl methyl sites for hydroxylation is 1. The second kappa shape index (κ2) is 7.99. The third kappa shape index (κ3) is 3.70. The molecular formula is C23H27N5O. The summed E-state index contributed by atoms with van der Waals surface area (Å²) in [4.78, 5) is 14.5. The average Bonchev–Trinajstić information content (AvgIpc) is 2.87. The summed E-state index contributed by atoms with van der Waals surface area (Å²) in [5.74, 6) is 0.0371. The molecule has 0 aliphatic carbocycles. The van der Waals surface area contributed by atoms with Crippen molar-refractivity contribution >= 4 is 40.4 Å². The zero-order chi connectivity index (χ0) is 20.4. The number of nitrogens with zero attached hydrogens (tertiary/aromatic N) is 1. The lowest BCUT2D eigenvalue weighted by Crippen LogP contribution is -2.26. The number of hydrogen-bond donors (Lipinski definition) is 4. The number of allylic oxidation sites excluding steroid dienone is 1. The molecule has 2 aromatic rings. The van der Waals surface area contributed by atoms with Crippen molar-refractivity contribution in [3.63, 3.8) is 0 Å². The predicted molar refractivity (Wildman–Crippen MR) is 120 cm³/mol. The molecular weight excluding hydrogens is 362 g/mol. The Morgan fingerprint density at radius 1 is 1.28 bits per heavy atom. The van der Waals surface area contributed by atoms with Crippen molar-refractivity contribution in [2.45, 2.75) is 32.2 Å². The monoisotopic (exact) mass is 389 g/mol. The Labute approximate surface area is 171 Å². The van der Waals surface area contributed by atoms with Crippen LogP contribution in [0.1, 0.15) is 30.9 Å². The molecule has 2 aliphatic heterocycles. The van der Waals surface area contributed by atoms with E-state index in [4.69, 9.17) is 5.41 Å². The molecule has 29 heavy (non-hydrogen) atoms. The lowest BCUT2D eigenvalue weighted by Gasteiger charge is -2.34. The zero-order valence-electron chi connectivity index (χ0n) is 16.9. The lowest BCUT2D eigenvalue weighted by atomic mass is 9.96. The van der Waals surface area contributed by atoms with Crippen LogP contribution < -0.4 is 20.9 Å². The number of fused-ring (bicyclic) bond motifs is 2. The third-order valence-electron chi connectivity index (χ3n) is 5.48. The van der Waals surface area contributed by atoms with E-state index in [2.05, 4.69) is 45.1 Å². The van der Waals surface area contributed by atoms with Gasteiger partial charge in [0.2, 0.25) is 5.91 Å². The van der Waals surface area contributed by atoms with E-state index >= 15 is 0 Å². The van der Waals surface area contributed by atoms with Gasteiger partial charge in [-0.05, 0) is 49.1 Å². The number of para-hydroxylation sites is 1. The zero-order valence-corrected chi connectivity index (χ0v) is 16.9. The van der Waals surface area contributed by atoms with Crippen molar-refractivity contribution in [1.29, 1.82) is 5.41 Å². The van der Waals surface area contributed by atoms with Crippen molar-refractivity contribution in [3.8, 4) is 0 Å². The Morgan fingerprint density at radius 3 is 2.93 bits per heavy atom. The minimum Gasteiger partial charge on any atom is -0.393 e. The summed E-state index contributed by atoms with van der Waals surface area (Å²) in [7, 11) is 1.84. The molecule has 0 fully saturated rings. The van der Waals surface area contributed by atoms with Gasteiger partial charge in [-0.25, -0.2) is 0 Å². The molecule has 6 nitrogen and oxygen atoms in total. The van der Waals surface area contributed by atoms with Crippen LogP contribution in [0.3, 0.4) is 0 Å². The summed E-state index contributed by atoms with van der Waals surface area (Å²) in [6.45, 7) is 2.94. The summed E-state index contributed by atoms with van der Waals surface area (Å²) >= 11 is 0. The Bertz CT molecular complexity index is 981. The average molecular weight is 390 g/mol. The minimum absolute atomic E-state index is 0.0371. The van der Waals surface area contributed by atoms with Crippen molar-refractivity contribution in [3.05, 3.63) is 53.7 Å². The first-order valence-corrected chi connectivity index (χ1v) is 10.1. The summed E-state index contributed by atoms with van der Waals surface area (Å²) in [5, 5.41) is 17.3. The molecule has 150 valence electrons. The maximum atomic E-state index is 12.2. The molecule has 2 heterocycles. The topological polar surface area (TPSA) is 80.2 Å². The minimum atomic E-state index is 0.0371. The Hall–Kier alpha value is -3.28. The molecule has 0 saturated heterocycles. The number of rotatable bonds is 4. The number of amides is 1. The number of carbonyl (C=O) groups is 1. The van der Waals surface area contributed by atoms with Crippen LogP contribution in [0.2, 0.25) is 0 Å². The smallest absolute Gasteiger partial charge is 0.226 e. The molecule has 0 aromatic heterocycles. The number of hydrogen-bond acceptors (Lipinski definition) is 5. The lowest BCUT2D eigenvalue weighted by molar-refractivity contribution is -0.116. The van der Waals surface area contributed by atoms with E-state index in [0.29, 0.717) is 6.42 Å². The first-order chi connectivity index (χ1) is 14.1. The number of benzene rings is 2. The number of nitrogens with one attached hydrogen (secondary N) is 4. The molecule has 2 aromatic carbocycles.